The Morgan fingerprint density at radius 2 is 1.88 bits per heavy atom. The Labute approximate surface area is 140 Å². The summed E-state index contributed by atoms with van der Waals surface area (Å²) in [5, 5.41) is 9.87. The smallest absolute Gasteiger partial charge is 0.235 e. The van der Waals surface area contributed by atoms with Gasteiger partial charge in [0.2, 0.25) is 11.2 Å². The van der Waals surface area contributed by atoms with Crippen molar-refractivity contribution in [2.45, 2.75) is 33.1 Å². The van der Waals surface area contributed by atoms with E-state index in [0.29, 0.717) is 16.7 Å². The third-order valence-corrected chi connectivity index (χ3v) is 3.96. The van der Waals surface area contributed by atoms with Crippen LogP contribution in [0.2, 0.25) is 0 Å². The van der Waals surface area contributed by atoms with Gasteiger partial charge in [-0.05, 0) is 30.0 Å². The summed E-state index contributed by atoms with van der Waals surface area (Å²) in [6.45, 7) is 8.24. The van der Waals surface area contributed by atoms with Crippen LogP contribution >= 0.6 is 0 Å². The van der Waals surface area contributed by atoms with Crippen molar-refractivity contribution in [3.63, 3.8) is 0 Å². The number of benzene rings is 2. The van der Waals surface area contributed by atoms with Crippen molar-refractivity contribution in [1.29, 1.82) is 0 Å². The second-order valence-electron chi connectivity index (χ2n) is 6.91. The van der Waals surface area contributed by atoms with Gasteiger partial charge >= 0.3 is 0 Å². The number of aryl methyl sites for hydroxylation is 1. The molecule has 0 saturated heterocycles. The van der Waals surface area contributed by atoms with Crippen molar-refractivity contribution >= 4 is 11.0 Å². The number of ether oxygens (including phenoxy) is 1. The highest BCUT2D eigenvalue weighted by atomic mass is 16.5. The monoisotopic (exact) mass is 324 g/mol. The molecular formula is C20H20O4. The Kier molecular flexibility index (Phi) is 3.84. The molecule has 0 bridgehead atoms. The molecule has 4 nitrogen and oxygen atoms in total. The lowest BCUT2D eigenvalue weighted by Gasteiger charge is -2.23. The average molecular weight is 324 g/mol. The fourth-order valence-electron chi connectivity index (χ4n) is 2.66. The van der Waals surface area contributed by atoms with Gasteiger partial charge in [0.25, 0.3) is 0 Å². The van der Waals surface area contributed by atoms with Gasteiger partial charge in [-0.1, -0.05) is 39.0 Å². The van der Waals surface area contributed by atoms with Crippen LogP contribution in [0.15, 0.2) is 51.9 Å². The summed E-state index contributed by atoms with van der Waals surface area (Å²) >= 11 is 0. The molecule has 0 amide bonds. The van der Waals surface area contributed by atoms with Crippen LogP contribution in [0.1, 0.15) is 31.9 Å². The lowest BCUT2D eigenvalue weighted by molar-refractivity contribution is 0.429. The molecule has 1 aromatic heterocycles. The second kappa shape index (κ2) is 5.71. The van der Waals surface area contributed by atoms with E-state index < -0.39 is 0 Å². The minimum absolute atomic E-state index is 0.0493. The van der Waals surface area contributed by atoms with E-state index in [9.17, 15) is 9.90 Å². The van der Waals surface area contributed by atoms with Gasteiger partial charge in [0, 0.05) is 11.6 Å². The summed E-state index contributed by atoms with van der Waals surface area (Å²) in [6.07, 6.45) is 1.29. The number of hydrogen-bond donors (Lipinski definition) is 1. The molecule has 0 fully saturated rings. The van der Waals surface area contributed by atoms with Crippen LogP contribution in [0.3, 0.4) is 0 Å². The summed E-state index contributed by atoms with van der Waals surface area (Å²) in [5.74, 6) is 0.858. The first kappa shape index (κ1) is 16.1. The Hall–Kier alpha value is -2.75. The Bertz CT molecular complexity index is 962. The number of phenols is 1. The maximum atomic E-state index is 12.6. The lowest BCUT2D eigenvalue weighted by Crippen LogP contribution is -2.14. The first-order chi connectivity index (χ1) is 11.3. The van der Waals surface area contributed by atoms with Crippen LogP contribution in [0.25, 0.3) is 11.0 Å². The Morgan fingerprint density at radius 1 is 1.12 bits per heavy atom. The highest BCUT2D eigenvalue weighted by Crippen LogP contribution is 2.36. The van der Waals surface area contributed by atoms with Crippen molar-refractivity contribution < 1.29 is 14.3 Å². The highest BCUT2D eigenvalue weighted by Gasteiger charge is 2.21. The topological polar surface area (TPSA) is 59.7 Å². The summed E-state index contributed by atoms with van der Waals surface area (Å²) in [7, 11) is 0. The van der Waals surface area contributed by atoms with Gasteiger partial charge < -0.3 is 14.3 Å². The van der Waals surface area contributed by atoms with Crippen LogP contribution in [-0.4, -0.2) is 5.11 Å². The van der Waals surface area contributed by atoms with Gasteiger partial charge in [-0.25, -0.2) is 0 Å². The van der Waals surface area contributed by atoms with Crippen LogP contribution in [-0.2, 0) is 5.41 Å². The van der Waals surface area contributed by atoms with Crippen LogP contribution in [0.5, 0.6) is 17.2 Å². The van der Waals surface area contributed by atoms with E-state index in [1.165, 1.54) is 24.5 Å². The molecule has 0 saturated carbocycles. The molecule has 0 atom stereocenters. The predicted molar refractivity (Wildman–Crippen MR) is 94.1 cm³/mol. The summed E-state index contributed by atoms with van der Waals surface area (Å²) < 4.78 is 11.4. The quantitative estimate of drug-likeness (QED) is 0.728. The second-order valence-corrected chi connectivity index (χ2v) is 6.91. The van der Waals surface area contributed by atoms with E-state index in [4.69, 9.17) is 9.15 Å². The zero-order valence-electron chi connectivity index (χ0n) is 14.2. The molecule has 1 N–H and O–H groups in total. The Morgan fingerprint density at radius 3 is 2.58 bits per heavy atom. The normalized spacial score (nSPS) is 11.7. The number of phenolic OH excluding ortho intramolecular Hbond substituents is 1. The number of para-hydroxylation sites is 1. The van der Waals surface area contributed by atoms with E-state index >= 15 is 0 Å². The van der Waals surface area contributed by atoms with Gasteiger partial charge in [-0.15, -0.1) is 0 Å². The SMILES string of the molecule is Cc1cccc(C(C)(C)C)c1Oc1coc2cc(O)ccc2c1=O. The third kappa shape index (κ3) is 2.87. The molecule has 24 heavy (non-hydrogen) atoms. The maximum Gasteiger partial charge on any atom is 0.235 e. The largest absolute Gasteiger partial charge is 0.508 e. The van der Waals surface area contributed by atoms with Crippen LogP contribution in [0, 0.1) is 6.92 Å². The van der Waals surface area contributed by atoms with Crippen molar-refractivity contribution in [1.82, 2.24) is 0 Å². The van der Waals surface area contributed by atoms with Gasteiger partial charge in [-0.3, -0.25) is 4.79 Å². The predicted octanol–water partition coefficient (Wildman–Crippen LogP) is 4.90. The minimum atomic E-state index is -0.264. The first-order valence-electron chi connectivity index (χ1n) is 7.80. The van der Waals surface area contributed by atoms with E-state index in [2.05, 4.69) is 20.8 Å². The highest BCUT2D eigenvalue weighted by molar-refractivity contribution is 5.79. The maximum absolute atomic E-state index is 12.6. The first-order valence-corrected chi connectivity index (χ1v) is 7.80. The van der Waals surface area contributed by atoms with E-state index in [-0.39, 0.29) is 22.3 Å². The number of rotatable bonds is 2. The average Bonchev–Trinajstić information content (AvgIpc) is 2.50. The molecule has 3 rings (SSSR count). The molecule has 0 aliphatic carbocycles. The van der Waals surface area contributed by atoms with E-state index in [1.54, 1.807) is 0 Å². The number of hydrogen-bond acceptors (Lipinski definition) is 4. The zero-order valence-corrected chi connectivity index (χ0v) is 14.2. The summed E-state index contributed by atoms with van der Waals surface area (Å²) in [5.41, 5.74) is 1.91. The molecule has 4 heteroatoms. The Balaban J connectivity index is 2.13. The zero-order chi connectivity index (χ0) is 17.5. The molecule has 0 unspecified atom stereocenters. The summed E-state index contributed by atoms with van der Waals surface area (Å²) in [4.78, 5) is 12.6. The van der Waals surface area contributed by atoms with Crippen molar-refractivity contribution in [2.75, 3.05) is 0 Å². The van der Waals surface area contributed by atoms with Crippen LogP contribution in [0.4, 0.5) is 0 Å². The van der Waals surface area contributed by atoms with Gasteiger partial charge in [0.05, 0.1) is 5.39 Å². The van der Waals surface area contributed by atoms with Gasteiger partial charge in [0.1, 0.15) is 23.3 Å². The van der Waals surface area contributed by atoms with Crippen molar-refractivity contribution in [3.05, 3.63) is 64.0 Å². The molecule has 124 valence electrons. The van der Waals surface area contributed by atoms with E-state index in [1.807, 2.05) is 25.1 Å². The lowest BCUT2D eigenvalue weighted by atomic mass is 9.85. The standard InChI is InChI=1S/C20H20O4/c1-12-6-5-7-15(20(2,3)4)19(12)24-17-11-23-16-10-13(21)8-9-14(16)18(17)22/h5-11,21H,1-4H3. The fourth-order valence-corrected chi connectivity index (χ4v) is 2.66. The third-order valence-electron chi connectivity index (χ3n) is 3.96. The molecule has 0 radical (unpaired) electrons. The number of aromatic hydroxyl groups is 1. The number of fused-ring (bicyclic) bond motifs is 1. The van der Waals surface area contributed by atoms with Crippen molar-refractivity contribution in [2.24, 2.45) is 0 Å². The molecule has 3 aromatic rings. The molecule has 1 heterocycles. The fraction of sp³-hybridized carbons (Fsp3) is 0.250. The van der Waals surface area contributed by atoms with Crippen LogP contribution < -0.4 is 10.2 Å². The molecule has 0 aliphatic heterocycles. The van der Waals surface area contributed by atoms with Gasteiger partial charge in [0.15, 0.2) is 0 Å². The molecule has 0 aliphatic rings. The molecule has 2 aromatic carbocycles. The van der Waals surface area contributed by atoms with Gasteiger partial charge in [-0.2, -0.15) is 0 Å². The summed E-state index contributed by atoms with van der Waals surface area (Å²) in [6, 6.07) is 10.3. The van der Waals surface area contributed by atoms with Crippen molar-refractivity contribution in [3.8, 4) is 17.2 Å². The molecule has 0 spiro atoms. The molecular weight excluding hydrogens is 304 g/mol. The van der Waals surface area contributed by atoms with E-state index in [0.717, 1.165) is 11.1 Å². The minimum Gasteiger partial charge on any atom is -0.508 e.